The smallest absolute Gasteiger partial charge is 0.870 e. The number of nitrogens with one attached hydrogen (secondary N) is 4. The second kappa shape index (κ2) is 31.1. The van der Waals surface area contributed by atoms with Gasteiger partial charge in [0.2, 0.25) is 0 Å². The average molecular weight is 888 g/mol. The van der Waals surface area contributed by atoms with E-state index >= 15 is 0 Å². The molecule has 0 unspecified atom stereocenters. The third-order valence-corrected chi connectivity index (χ3v) is 7.94. The van der Waals surface area contributed by atoms with Crippen molar-refractivity contribution in [1.82, 2.24) is 21.3 Å². The van der Waals surface area contributed by atoms with Gasteiger partial charge in [-0.1, -0.05) is 71.5 Å². The molecule has 0 fully saturated rings. The third kappa shape index (κ3) is 17.9. The Labute approximate surface area is 350 Å². The molecule has 0 spiro atoms. The van der Waals surface area contributed by atoms with Crippen molar-refractivity contribution < 1.29 is 95.4 Å². The number of hydrogen-bond acceptors (Lipinski definition) is 12. The first-order valence-corrected chi connectivity index (χ1v) is 16.3. The van der Waals surface area contributed by atoms with E-state index in [1.807, 2.05) is 13.8 Å². The molecule has 4 aromatic carbocycles. The molecule has 0 amide bonds. The van der Waals surface area contributed by atoms with Crippen LogP contribution in [0.1, 0.15) is 36.1 Å². The van der Waals surface area contributed by atoms with Gasteiger partial charge < -0.3 is 82.5 Å². The molecule has 0 saturated carbocycles. The van der Waals surface area contributed by atoms with Gasteiger partial charge in [-0.15, -0.1) is 0 Å². The number of hydrogen-bond donors (Lipinski definition) is 4. The second-order valence-electron chi connectivity index (χ2n) is 11.6. The Bertz CT molecular complexity index is 1520. The summed E-state index contributed by atoms with van der Waals surface area (Å²) in [5.41, 5.74) is 2.67. The molecule has 4 rings (SSSR count). The Morgan fingerprint density at radius 1 is 0.429 bits per heavy atom. The Balaban J connectivity index is -0.000000436. The number of para-hydroxylation sites is 4. The van der Waals surface area contributed by atoms with Gasteiger partial charge in [0.1, 0.15) is 23.0 Å². The Hall–Kier alpha value is -4.00. The molecule has 18 heteroatoms. The fourth-order valence-corrected chi connectivity index (χ4v) is 5.00. The van der Waals surface area contributed by atoms with Crippen LogP contribution in [0.15, 0.2) is 72.8 Å². The molecule has 0 aliphatic carbocycles. The standard InChI is InChI=1S/2C19H26N2O4.2Cu.4H2O/c2*1-13(21-12-15-7-5-9-17(25-3)19(15)23)10-20-11-14-6-4-8-16(24-2)18(14)22;;;;;;/h2*4-9,13,20-23H,10-12H2,1-3H3;;;4*1H2/q;;2*+2;;;;/p-4/t2*13-;;;;;;/m10....../s1. The predicted molar refractivity (Wildman–Crippen MR) is 200 cm³/mol. The molecule has 0 aromatic heterocycles. The van der Waals surface area contributed by atoms with Crippen molar-refractivity contribution in [3.63, 3.8) is 0 Å². The van der Waals surface area contributed by atoms with Crippen molar-refractivity contribution >= 4 is 0 Å². The molecule has 56 heavy (non-hydrogen) atoms. The van der Waals surface area contributed by atoms with Gasteiger partial charge in [-0.05, 0) is 60.4 Å². The average Bonchev–Trinajstić information content (AvgIpc) is 3.12. The summed E-state index contributed by atoms with van der Waals surface area (Å²) in [6.45, 7) is 7.21. The summed E-state index contributed by atoms with van der Waals surface area (Å²) in [4.78, 5) is 0. The van der Waals surface area contributed by atoms with E-state index < -0.39 is 0 Å². The molecule has 4 aromatic rings. The van der Waals surface area contributed by atoms with Gasteiger partial charge in [-0.3, -0.25) is 0 Å². The fraction of sp³-hybridized carbons (Fsp3) is 0.368. The zero-order valence-corrected chi connectivity index (χ0v) is 34.1. The van der Waals surface area contributed by atoms with Crippen LogP contribution in [0, 0.1) is 0 Å². The molecule has 0 saturated heterocycles. The van der Waals surface area contributed by atoms with Crippen molar-refractivity contribution in [3.05, 3.63) is 95.1 Å². The zero-order chi connectivity index (χ0) is 36.5. The largest absolute Gasteiger partial charge is 2.00 e. The van der Waals surface area contributed by atoms with Crippen LogP contribution in [0.5, 0.6) is 46.0 Å². The Kier molecular flexibility index (Phi) is 32.6. The Morgan fingerprint density at radius 2 is 0.661 bits per heavy atom. The quantitative estimate of drug-likeness (QED) is 0.0869. The second-order valence-corrected chi connectivity index (χ2v) is 11.6. The van der Waals surface area contributed by atoms with Crippen LogP contribution in [-0.2, 0) is 60.3 Å². The maximum absolute atomic E-state index is 12.1. The minimum atomic E-state index is -0.0926. The van der Waals surface area contributed by atoms with E-state index in [0.29, 0.717) is 84.5 Å². The van der Waals surface area contributed by atoms with Crippen LogP contribution in [0.3, 0.4) is 0 Å². The van der Waals surface area contributed by atoms with Crippen LogP contribution >= 0.6 is 0 Å². The van der Waals surface area contributed by atoms with E-state index in [0.717, 1.165) is 0 Å². The monoisotopic (exact) mass is 886 g/mol. The van der Waals surface area contributed by atoms with E-state index in [-0.39, 0.29) is 91.1 Å². The normalized spacial score (nSPS) is 10.7. The summed E-state index contributed by atoms with van der Waals surface area (Å²) >= 11 is 0. The maximum atomic E-state index is 12.1. The van der Waals surface area contributed by atoms with Gasteiger partial charge in [0.15, 0.2) is 0 Å². The van der Waals surface area contributed by atoms with E-state index in [4.69, 9.17) is 18.9 Å². The molecule has 12 N–H and O–H groups in total. The van der Waals surface area contributed by atoms with Crippen LogP contribution in [0.2, 0.25) is 0 Å². The summed E-state index contributed by atoms with van der Waals surface area (Å²) in [6, 6.07) is 21.3. The van der Waals surface area contributed by atoms with Crippen molar-refractivity contribution in [2.24, 2.45) is 0 Å². The molecule has 2 atom stereocenters. The molecular weight excluding hydrogens is 832 g/mol. The molecular formula is C38H56Cu2N4O12. The van der Waals surface area contributed by atoms with Crippen LogP contribution in [0.25, 0.3) is 0 Å². The van der Waals surface area contributed by atoms with E-state index in [9.17, 15) is 20.4 Å². The van der Waals surface area contributed by atoms with Gasteiger partial charge in [0, 0.05) is 51.4 Å². The minimum absolute atomic E-state index is 0. The van der Waals surface area contributed by atoms with Crippen LogP contribution in [-0.4, -0.2) is 75.5 Å². The first-order valence-electron chi connectivity index (χ1n) is 16.3. The molecule has 0 aliphatic rings. The topological polar surface area (TPSA) is 303 Å². The zero-order valence-electron chi connectivity index (χ0n) is 32.2. The van der Waals surface area contributed by atoms with Crippen molar-refractivity contribution in [3.8, 4) is 46.0 Å². The molecule has 0 heterocycles. The minimum Gasteiger partial charge on any atom is -0.870 e. The first-order chi connectivity index (χ1) is 24.1. The third-order valence-electron chi connectivity index (χ3n) is 7.94. The van der Waals surface area contributed by atoms with Gasteiger partial charge in [0.25, 0.3) is 0 Å². The molecule has 322 valence electrons. The first kappa shape index (κ1) is 58.7. The molecule has 16 nitrogen and oxygen atoms in total. The van der Waals surface area contributed by atoms with E-state index in [1.165, 1.54) is 28.4 Å². The van der Waals surface area contributed by atoms with E-state index in [2.05, 4.69) is 21.3 Å². The number of rotatable bonds is 18. The van der Waals surface area contributed by atoms with Gasteiger partial charge in [-0.25, -0.2) is 0 Å². The van der Waals surface area contributed by atoms with Crippen molar-refractivity contribution in [2.45, 2.75) is 52.1 Å². The van der Waals surface area contributed by atoms with Gasteiger partial charge >= 0.3 is 34.1 Å². The maximum Gasteiger partial charge on any atom is 2.00 e. The summed E-state index contributed by atoms with van der Waals surface area (Å²) < 4.78 is 20.2. The van der Waals surface area contributed by atoms with Crippen molar-refractivity contribution in [2.75, 3.05) is 41.5 Å². The van der Waals surface area contributed by atoms with Crippen molar-refractivity contribution in [1.29, 1.82) is 0 Å². The predicted octanol–water partition coefficient (Wildman–Crippen LogP) is -1.07. The summed E-state index contributed by atoms with van der Waals surface area (Å²) in [6.07, 6.45) is 0. The number of benzene rings is 4. The van der Waals surface area contributed by atoms with E-state index in [1.54, 1.807) is 72.8 Å². The van der Waals surface area contributed by atoms with Crippen LogP contribution in [0.4, 0.5) is 0 Å². The van der Waals surface area contributed by atoms with Gasteiger partial charge in [-0.2, -0.15) is 0 Å². The number of methoxy groups -OCH3 is 4. The molecule has 2 radical (unpaired) electrons. The Morgan fingerprint density at radius 3 is 0.893 bits per heavy atom. The summed E-state index contributed by atoms with van der Waals surface area (Å²) in [7, 11) is 5.96. The fourth-order valence-electron chi connectivity index (χ4n) is 5.00. The number of ether oxygens (including phenoxy) is 4. The molecule has 0 aliphatic heterocycles. The summed E-state index contributed by atoms with van der Waals surface area (Å²) in [5.74, 6) is 1.04. The SMILES string of the molecule is COc1cccc(CNC[C@@H](C)NCc2cccc(OC)c2[O-])c1[O-].COc1cccc(CNC[C@H](C)NCc2cccc(OC)c2[O-])c1[O-].O.O.O.O.[Cu+2].[Cu+2]. The van der Waals surface area contributed by atoms with Crippen LogP contribution < -0.4 is 60.6 Å². The van der Waals surface area contributed by atoms with Gasteiger partial charge in [0.05, 0.1) is 28.4 Å². The molecule has 0 bridgehead atoms. The summed E-state index contributed by atoms with van der Waals surface area (Å²) in [5, 5.41) is 61.4.